The van der Waals surface area contributed by atoms with Crippen molar-refractivity contribution in [3.63, 3.8) is 0 Å². The first-order valence-corrected chi connectivity index (χ1v) is 12.4. The van der Waals surface area contributed by atoms with Crippen LogP contribution in [-0.4, -0.2) is 71.1 Å². The van der Waals surface area contributed by atoms with E-state index in [1.54, 1.807) is 6.08 Å². The summed E-state index contributed by atoms with van der Waals surface area (Å²) in [5.74, 6) is 0.452. The molecule has 0 saturated carbocycles. The highest BCUT2D eigenvalue weighted by Gasteiger charge is 2.20. The molecular weight excluding hydrogens is 521 g/mol. The molecule has 0 unspecified atom stereocenters. The van der Waals surface area contributed by atoms with E-state index in [-0.39, 0.29) is 17.6 Å². The minimum absolute atomic E-state index is 0.0422. The Hall–Kier alpha value is -2.01. The van der Waals surface area contributed by atoms with E-state index in [2.05, 4.69) is 43.1 Å². The number of hydrogen-bond acceptors (Lipinski definition) is 7. The van der Waals surface area contributed by atoms with Gasteiger partial charge in [-0.25, -0.2) is 4.63 Å². The van der Waals surface area contributed by atoms with Crippen molar-refractivity contribution in [3.05, 3.63) is 27.9 Å². The number of carbonyl (C=O) groups excluding carboxylic acids is 2. The summed E-state index contributed by atoms with van der Waals surface area (Å²) >= 11 is 2.22. The second-order valence-corrected chi connectivity index (χ2v) is 9.60. The van der Waals surface area contributed by atoms with Gasteiger partial charge in [0.15, 0.2) is 16.8 Å². The number of amides is 1. The highest BCUT2D eigenvalue weighted by Crippen LogP contribution is 2.24. The van der Waals surface area contributed by atoms with E-state index >= 15 is 0 Å². The van der Waals surface area contributed by atoms with Crippen LogP contribution in [-0.2, 0) is 9.59 Å². The number of ketones is 1. The van der Waals surface area contributed by atoms with Crippen molar-refractivity contribution in [2.75, 3.05) is 44.6 Å². The van der Waals surface area contributed by atoms with Gasteiger partial charge in [0.05, 0.1) is 5.69 Å². The number of piperazine rings is 1. The van der Waals surface area contributed by atoms with Gasteiger partial charge < -0.3 is 10.2 Å². The number of rotatable bonds is 11. The fourth-order valence-electron chi connectivity index (χ4n) is 3.63. The van der Waals surface area contributed by atoms with Crippen LogP contribution in [0, 0.1) is 9.49 Å². The molecule has 1 N–H and O–H groups in total. The Morgan fingerprint density at radius 2 is 1.88 bits per heavy atom. The number of fused-ring (bicyclic) bond motifs is 1. The number of carbonyl (C=O) groups is 2. The lowest BCUT2D eigenvalue weighted by molar-refractivity contribution is -0.133. The quantitative estimate of drug-likeness (QED) is 0.258. The Morgan fingerprint density at radius 1 is 1.12 bits per heavy atom. The molecule has 0 aliphatic carbocycles. The van der Waals surface area contributed by atoms with Gasteiger partial charge in [-0.1, -0.05) is 26.3 Å². The standard InChI is InChI=1S/C23H32IN5O3/c1-17(2)20(30)7-6-12-28-13-15-29(16-14-28)21(31)8-4-3-5-11-25-19-10-9-18(24)22-23(19)27-32-26-22/h6-7,9-10,17,25H,3-5,8,11-16H2,1-2H3/b7-6+. The van der Waals surface area contributed by atoms with Crippen LogP contribution in [0.2, 0.25) is 0 Å². The Kier molecular flexibility index (Phi) is 9.46. The highest BCUT2D eigenvalue weighted by molar-refractivity contribution is 14.1. The second-order valence-electron chi connectivity index (χ2n) is 8.43. The third-order valence-corrected chi connectivity index (χ3v) is 6.56. The largest absolute Gasteiger partial charge is 0.383 e. The van der Waals surface area contributed by atoms with Gasteiger partial charge in [-0.3, -0.25) is 14.5 Å². The molecule has 2 aromatic rings. The fourth-order valence-corrected chi connectivity index (χ4v) is 4.16. The van der Waals surface area contributed by atoms with Gasteiger partial charge in [0.1, 0.15) is 0 Å². The number of benzene rings is 1. The van der Waals surface area contributed by atoms with E-state index in [4.69, 9.17) is 4.63 Å². The summed E-state index contributed by atoms with van der Waals surface area (Å²) in [6, 6.07) is 3.99. The molecular formula is C23H32IN5O3. The van der Waals surface area contributed by atoms with Gasteiger partial charge in [0.2, 0.25) is 5.91 Å². The molecule has 0 bridgehead atoms. The van der Waals surface area contributed by atoms with E-state index < -0.39 is 0 Å². The van der Waals surface area contributed by atoms with E-state index in [1.807, 2.05) is 37.0 Å². The van der Waals surface area contributed by atoms with Crippen molar-refractivity contribution < 1.29 is 14.2 Å². The minimum atomic E-state index is 0.0422. The molecule has 1 saturated heterocycles. The van der Waals surface area contributed by atoms with Crippen LogP contribution >= 0.6 is 22.6 Å². The molecule has 0 radical (unpaired) electrons. The predicted octanol–water partition coefficient (Wildman–Crippen LogP) is 3.73. The number of unbranched alkanes of at least 4 members (excludes halogenated alkanes) is 2. The van der Waals surface area contributed by atoms with Gasteiger partial charge in [-0.2, -0.15) is 0 Å². The normalized spacial score (nSPS) is 15.2. The number of anilines is 1. The van der Waals surface area contributed by atoms with Crippen molar-refractivity contribution in [1.29, 1.82) is 0 Å². The molecule has 1 aliphatic heterocycles. The lowest BCUT2D eigenvalue weighted by Crippen LogP contribution is -2.48. The zero-order chi connectivity index (χ0) is 22.9. The molecule has 0 atom stereocenters. The molecule has 3 rings (SSSR count). The van der Waals surface area contributed by atoms with Gasteiger partial charge in [-0.05, 0) is 64.0 Å². The first-order valence-electron chi connectivity index (χ1n) is 11.3. The first kappa shape index (κ1) is 24.6. The lowest BCUT2D eigenvalue weighted by Gasteiger charge is -2.34. The molecule has 1 aromatic heterocycles. The molecule has 0 spiro atoms. The van der Waals surface area contributed by atoms with Crippen molar-refractivity contribution in [2.24, 2.45) is 5.92 Å². The SMILES string of the molecule is CC(C)C(=O)/C=C/CN1CCN(C(=O)CCCCCNc2ccc(I)c3nonc23)CC1. The summed E-state index contributed by atoms with van der Waals surface area (Å²) in [7, 11) is 0. The maximum Gasteiger partial charge on any atom is 0.222 e. The second kappa shape index (κ2) is 12.3. The van der Waals surface area contributed by atoms with Crippen LogP contribution in [0.5, 0.6) is 0 Å². The first-order chi connectivity index (χ1) is 15.5. The zero-order valence-corrected chi connectivity index (χ0v) is 21.0. The molecule has 9 heteroatoms. The monoisotopic (exact) mass is 553 g/mol. The molecule has 1 aromatic carbocycles. The maximum absolute atomic E-state index is 12.5. The lowest BCUT2D eigenvalue weighted by atomic mass is 10.1. The van der Waals surface area contributed by atoms with E-state index in [0.717, 1.165) is 78.8 Å². The number of aromatic nitrogens is 2. The molecule has 1 aliphatic rings. The van der Waals surface area contributed by atoms with E-state index in [9.17, 15) is 9.59 Å². The minimum Gasteiger partial charge on any atom is -0.383 e. The van der Waals surface area contributed by atoms with E-state index in [0.29, 0.717) is 6.42 Å². The number of hydrogen-bond donors (Lipinski definition) is 1. The maximum atomic E-state index is 12.5. The van der Waals surface area contributed by atoms with E-state index in [1.165, 1.54) is 0 Å². The number of nitrogens with zero attached hydrogens (tertiary/aromatic N) is 4. The van der Waals surface area contributed by atoms with Gasteiger partial charge in [0, 0.05) is 55.2 Å². The molecule has 1 amide bonds. The van der Waals surface area contributed by atoms with Gasteiger partial charge >= 0.3 is 0 Å². The molecule has 2 heterocycles. The van der Waals surface area contributed by atoms with Crippen LogP contribution < -0.4 is 5.32 Å². The third kappa shape index (κ3) is 6.99. The Balaban J connectivity index is 1.28. The summed E-state index contributed by atoms with van der Waals surface area (Å²) in [5.41, 5.74) is 2.47. The summed E-state index contributed by atoms with van der Waals surface area (Å²) in [5, 5.41) is 11.3. The smallest absolute Gasteiger partial charge is 0.222 e. The summed E-state index contributed by atoms with van der Waals surface area (Å²) in [4.78, 5) is 28.4. The zero-order valence-electron chi connectivity index (χ0n) is 18.8. The average molecular weight is 553 g/mol. The molecule has 8 nitrogen and oxygen atoms in total. The number of nitrogens with one attached hydrogen (secondary N) is 1. The van der Waals surface area contributed by atoms with Crippen molar-refractivity contribution in [2.45, 2.75) is 39.5 Å². The topological polar surface area (TPSA) is 91.6 Å². The predicted molar refractivity (Wildman–Crippen MR) is 133 cm³/mol. The van der Waals surface area contributed by atoms with Crippen LogP contribution in [0.25, 0.3) is 11.0 Å². The summed E-state index contributed by atoms with van der Waals surface area (Å²) < 4.78 is 5.87. The molecule has 174 valence electrons. The number of halogens is 1. The average Bonchev–Trinajstić information content (AvgIpc) is 3.29. The van der Waals surface area contributed by atoms with Gasteiger partial charge in [0.25, 0.3) is 0 Å². The summed E-state index contributed by atoms with van der Waals surface area (Å²) in [6.07, 6.45) is 7.10. The number of allylic oxidation sites excluding steroid dienone is 1. The summed E-state index contributed by atoms with van der Waals surface area (Å²) in [6.45, 7) is 8.65. The molecule has 32 heavy (non-hydrogen) atoms. The Bertz CT molecular complexity index is 935. The highest BCUT2D eigenvalue weighted by atomic mass is 127. The van der Waals surface area contributed by atoms with Crippen molar-refractivity contribution in [3.8, 4) is 0 Å². The van der Waals surface area contributed by atoms with Crippen molar-refractivity contribution >= 4 is 51.0 Å². The third-order valence-electron chi connectivity index (χ3n) is 5.69. The van der Waals surface area contributed by atoms with Crippen LogP contribution in [0.1, 0.15) is 39.5 Å². The Morgan fingerprint density at radius 3 is 2.62 bits per heavy atom. The fraction of sp³-hybridized carbons (Fsp3) is 0.565. The van der Waals surface area contributed by atoms with Crippen LogP contribution in [0.4, 0.5) is 5.69 Å². The Labute approximate surface area is 202 Å². The van der Waals surface area contributed by atoms with Gasteiger partial charge in [-0.15, -0.1) is 0 Å². The molecule has 1 fully saturated rings. The van der Waals surface area contributed by atoms with Crippen molar-refractivity contribution in [1.82, 2.24) is 20.1 Å². The van der Waals surface area contributed by atoms with Crippen LogP contribution in [0.3, 0.4) is 0 Å². The van der Waals surface area contributed by atoms with Crippen LogP contribution in [0.15, 0.2) is 28.9 Å².